The average Bonchev–Trinajstić information content (AvgIpc) is 3.21. The smallest absolute Gasteiger partial charge is 0.321 e. The molecule has 1 fully saturated rings. The zero-order valence-electron chi connectivity index (χ0n) is 16.8. The predicted molar refractivity (Wildman–Crippen MR) is 112 cm³/mol. The van der Waals surface area contributed by atoms with Gasteiger partial charge in [-0.1, -0.05) is 36.7 Å². The Morgan fingerprint density at radius 3 is 2.79 bits per heavy atom. The van der Waals surface area contributed by atoms with E-state index in [-0.39, 0.29) is 25.3 Å². The van der Waals surface area contributed by atoms with Crippen molar-refractivity contribution in [3.8, 4) is 11.5 Å². The second-order valence-electron chi connectivity index (χ2n) is 7.08. The lowest BCUT2D eigenvalue weighted by Crippen LogP contribution is -2.31. The minimum atomic E-state index is -0.330. The van der Waals surface area contributed by atoms with Crippen LogP contribution in [0.1, 0.15) is 61.6 Å². The largest absolute Gasteiger partial charge is 0.493 e. The molecule has 1 aromatic carbocycles. The fourth-order valence-corrected chi connectivity index (χ4v) is 4.35. The highest BCUT2D eigenvalue weighted by Gasteiger charge is 2.20. The van der Waals surface area contributed by atoms with Crippen molar-refractivity contribution < 1.29 is 19.4 Å². The molecule has 8 nitrogen and oxygen atoms in total. The number of aliphatic hydroxyl groups excluding tert-OH is 1. The molecule has 9 heteroatoms. The van der Waals surface area contributed by atoms with Gasteiger partial charge in [0, 0.05) is 5.92 Å². The van der Waals surface area contributed by atoms with Gasteiger partial charge in [-0.3, -0.25) is 5.32 Å². The van der Waals surface area contributed by atoms with Crippen LogP contribution in [0, 0.1) is 0 Å². The first-order valence-electron chi connectivity index (χ1n) is 9.93. The number of urea groups is 1. The van der Waals surface area contributed by atoms with Crippen LogP contribution in [0.25, 0.3) is 0 Å². The van der Waals surface area contributed by atoms with Gasteiger partial charge in [-0.2, -0.15) is 0 Å². The molecule has 0 aliphatic heterocycles. The molecule has 1 aliphatic carbocycles. The van der Waals surface area contributed by atoms with Gasteiger partial charge in [0.1, 0.15) is 11.6 Å². The van der Waals surface area contributed by atoms with E-state index in [1.807, 2.05) is 19.1 Å². The monoisotopic (exact) mass is 420 g/mol. The number of hydrogen-bond acceptors (Lipinski definition) is 7. The average molecular weight is 421 g/mol. The minimum absolute atomic E-state index is 0.0723. The molecule has 1 saturated carbocycles. The summed E-state index contributed by atoms with van der Waals surface area (Å²) < 4.78 is 10.8. The molecule has 2 aromatic rings. The Hall–Kier alpha value is -2.39. The standard InChI is InChI=1S/C20H28N4O4S/c1-13(15-8-9-16(28-11-10-25)17(12-15)27-2)21-19(26)22-20-24-23-18(29-20)14-6-4-3-5-7-14/h8-9,12-14,25H,3-7,10-11H2,1-2H3,(H2,21,22,24,26). The second-order valence-corrected chi connectivity index (χ2v) is 8.09. The van der Waals surface area contributed by atoms with Crippen molar-refractivity contribution in [2.75, 3.05) is 25.6 Å². The fraction of sp³-hybridized carbons (Fsp3) is 0.550. The number of nitrogens with zero attached hydrogens (tertiary/aromatic N) is 2. The summed E-state index contributed by atoms with van der Waals surface area (Å²) in [6.45, 7) is 2.00. The maximum atomic E-state index is 12.4. The van der Waals surface area contributed by atoms with E-state index < -0.39 is 0 Å². The summed E-state index contributed by atoms with van der Waals surface area (Å²) in [4.78, 5) is 12.4. The number of rotatable bonds is 8. The van der Waals surface area contributed by atoms with Gasteiger partial charge in [-0.25, -0.2) is 4.79 Å². The van der Waals surface area contributed by atoms with Crippen molar-refractivity contribution in [1.29, 1.82) is 0 Å². The zero-order valence-corrected chi connectivity index (χ0v) is 17.6. The van der Waals surface area contributed by atoms with Gasteiger partial charge in [0.05, 0.1) is 19.8 Å². The lowest BCUT2D eigenvalue weighted by atomic mass is 9.90. The van der Waals surface area contributed by atoms with E-state index in [1.54, 1.807) is 13.2 Å². The quantitative estimate of drug-likeness (QED) is 0.599. The Bertz CT molecular complexity index is 808. The van der Waals surface area contributed by atoms with Gasteiger partial charge in [-0.05, 0) is 37.5 Å². The van der Waals surface area contributed by atoms with E-state index >= 15 is 0 Å². The SMILES string of the molecule is COc1cc(C(C)NC(=O)Nc2nnc(C3CCCCC3)s2)ccc1OCCO. The molecule has 29 heavy (non-hydrogen) atoms. The number of carbonyl (C=O) groups excluding carboxylic acids is 1. The number of ether oxygens (including phenoxy) is 2. The van der Waals surface area contributed by atoms with Gasteiger partial charge < -0.3 is 19.9 Å². The minimum Gasteiger partial charge on any atom is -0.493 e. The fourth-order valence-electron chi connectivity index (χ4n) is 3.44. The second kappa shape index (κ2) is 10.4. The summed E-state index contributed by atoms with van der Waals surface area (Å²) in [5, 5.41) is 24.5. The molecule has 0 radical (unpaired) electrons. The van der Waals surface area contributed by atoms with E-state index in [0.717, 1.165) is 23.4 Å². The zero-order chi connectivity index (χ0) is 20.6. The summed E-state index contributed by atoms with van der Waals surface area (Å²) in [7, 11) is 1.55. The molecule has 1 unspecified atom stereocenters. The van der Waals surface area contributed by atoms with Crippen LogP contribution in [0.2, 0.25) is 0 Å². The van der Waals surface area contributed by atoms with Crippen molar-refractivity contribution in [2.45, 2.75) is 51.0 Å². The molecular weight excluding hydrogens is 392 g/mol. The van der Waals surface area contributed by atoms with E-state index in [9.17, 15) is 4.79 Å². The number of hydrogen-bond donors (Lipinski definition) is 3. The Labute approximate surface area is 174 Å². The van der Waals surface area contributed by atoms with Crippen LogP contribution >= 0.6 is 11.3 Å². The number of methoxy groups -OCH3 is 1. The van der Waals surface area contributed by atoms with Crippen LogP contribution in [-0.2, 0) is 0 Å². The Kier molecular flexibility index (Phi) is 7.65. The summed E-state index contributed by atoms with van der Waals surface area (Å²) in [5.74, 6) is 1.56. The molecule has 1 atom stereocenters. The van der Waals surface area contributed by atoms with Crippen molar-refractivity contribution in [1.82, 2.24) is 15.5 Å². The molecular formula is C20H28N4O4S. The number of nitrogens with one attached hydrogen (secondary N) is 2. The normalized spacial score (nSPS) is 15.6. The third kappa shape index (κ3) is 5.80. The van der Waals surface area contributed by atoms with Crippen LogP contribution in [0.4, 0.5) is 9.93 Å². The number of anilines is 1. The first-order valence-corrected chi connectivity index (χ1v) is 10.7. The first-order chi connectivity index (χ1) is 14.1. The number of carbonyl (C=O) groups is 1. The van der Waals surface area contributed by atoms with Gasteiger partial charge in [0.2, 0.25) is 5.13 Å². The Morgan fingerprint density at radius 2 is 2.07 bits per heavy atom. The van der Waals surface area contributed by atoms with Gasteiger partial charge in [0.15, 0.2) is 11.5 Å². The van der Waals surface area contributed by atoms with Crippen molar-refractivity contribution >= 4 is 22.5 Å². The molecule has 1 aromatic heterocycles. The third-order valence-corrected chi connectivity index (χ3v) is 6.00. The summed E-state index contributed by atoms with van der Waals surface area (Å²) in [5.41, 5.74) is 0.869. The van der Waals surface area contributed by atoms with Crippen LogP contribution in [0.5, 0.6) is 11.5 Å². The van der Waals surface area contributed by atoms with E-state index in [0.29, 0.717) is 22.5 Å². The maximum absolute atomic E-state index is 12.4. The Morgan fingerprint density at radius 1 is 1.28 bits per heavy atom. The molecule has 1 aliphatic rings. The van der Waals surface area contributed by atoms with Crippen LogP contribution in [-0.4, -0.2) is 41.7 Å². The maximum Gasteiger partial charge on any atom is 0.321 e. The number of aromatic nitrogens is 2. The van der Waals surface area contributed by atoms with Crippen LogP contribution < -0.4 is 20.1 Å². The van der Waals surface area contributed by atoms with Crippen molar-refractivity contribution in [3.05, 3.63) is 28.8 Å². The Balaban J connectivity index is 1.57. The van der Waals surface area contributed by atoms with E-state index in [1.165, 1.54) is 30.6 Å². The lowest BCUT2D eigenvalue weighted by Gasteiger charge is -2.18. The molecule has 0 bridgehead atoms. The van der Waals surface area contributed by atoms with Crippen LogP contribution in [0.3, 0.4) is 0 Å². The van der Waals surface area contributed by atoms with Gasteiger partial charge >= 0.3 is 6.03 Å². The first kappa shape index (κ1) is 21.3. The van der Waals surface area contributed by atoms with Gasteiger partial charge in [-0.15, -0.1) is 10.2 Å². The summed E-state index contributed by atoms with van der Waals surface area (Å²) in [6.07, 6.45) is 6.06. The number of benzene rings is 1. The number of aliphatic hydroxyl groups is 1. The molecule has 0 spiro atoms. The van der Waals surface area contributed by atoms with E-state index in [4.69, 9.17) is 14.6 Å². The summed E-state index contributed by atoms with van der Waals surface area (Å²) in [6, 6.07) is 4.85. The highest BCUT2D eigenvalue weighted by molar-refractivity contribution is 7.15. The van der Waals surface area contributed by atoms with Crippen LogP contribution in [0.15, 0.2) is 18.2 Å². The van der Waals surface area contributed by atoms with Crippen molar-refractivity contribution in [3.63, 3.8) is 0 Å². The number of amides is 2. The highest BCUT2D eigenvalue weighted by Crippen LogP contribution is 2.35. The lowest BCUT2D eigenvalue weighted by molar-refractivity contribution is 0.196. The highest BCUT2D eigenvalue weighted by atomic mass is 32.1. The van der Waals surface area contributed by atoms with E-state index in [2.05, 4.69) is 20.8 Å². The molecule has 0 saturated heterocycles. The predicted octanol–water partition coefficient (Wildman–Crippen LogP) is 3.85. The topological polar surface area (TPSA) is 106 Å². The van der Waals surface area contributed by atoms with Gasteiger partial charge in [0.25, 0.3) is 0 Å². The third-order valence-electron chi connectivity index (χ3n) is 5.00. The molecule has 1 heterocycles. The summed E-state index contributed by atoms with van der Waals surface area (Å²) >= 11 is 1.46. The molecule has 158 valence electrons. The molecule has 3 N–H and O–H groups in total. The molecule has 3 rings (SSSR count). The molecule has 2 amide bonds. The van der Waals surface area contributed by atoms with Crippen molar-refractivity contribution in [2.24, 2.45) is 0 Å².